The quantitative estimate of drug-likeness (QED) is 0.767. The first-order chi connectivity index (χ1) is 7.97. The van der Waals surface area contributed by atoms with Gasteiger partial charge in [-0.15, -0.1) is 11.3 Å². The van der Waals surface area contributed by atoms with Gasteiger partial charge in [-0.25, -0.2) is 0 Å². The van der Waals surface area contributed by atoms with Crippen molar-refractivity contribution in [3.63, 3.8) is 0 Å². The molecule has 1 aliphatic rings. The van der Waals surface area contributed by atoms with Gasteiger partial charge in [-0.05, 0) is 44.2 Å². The van der Waals surface area contributed by atoms with Crippen LogP contribution in [0.1, 0.15) is 37.3 Å². The maximum Gasteiger partial charge on any atom is 0.242 e. The Labute approximate surface area is 106 Å². The standard InChI is InChI=1S/C13H16N2OS/c1-9-10-5-7-17-11(10)4-6-15(9)12(16)13(2,3)8-14/h5,7,9H,4,6H2,1-3H3. The van der Waals surface area contributed by atoms with Crippen molar-refractivity contribution in [2.24, 2.45) is 5.41 Å². The van der Waals surface area contributed by atoms with E-state index in [2.05, 4.69) is 17.5 Å². The Hall–Kier alpha value is -1.34. The minimum Gasteiger partial charge on any atom is -0.334 e. The van der Waals surface area contributed by atoms with E-state index >= 15 is 0 Å². The van der Waals surface area contributed by atoms with Crippen LogP contribution in [0.25, 0.3) is 0 Å². The molecular formula is C13H16N2OS. The molecule has 1 unspecified atom stereocenters. The number of hydrogen-bond acceptors (Lipinski definition) is 3. The summed E-state index contributed by atoms with van der Waals surface area (Å²) in [4.78, 5) is 15.5. The zero-order chi connectivity index (χ0) is 12.6. The lowest BCUT2D eigenvalue weighted by Crippen LogP contribution is -2.44. The Morgan fingerprint density at radius 2 is 2.35 bits per heavy atom. The second kappa shape index (κ2) is 4.15. The van der Waals surface area contributed by atoms with E-state index < -0.39 is 5.41 Å². The third-order valence-corrected chi connectivity index (χ3v) is 4.35. The van der Waals surface area contributed by atoms with Crippen LogP contribution in [0.2, 0.25) is 0 Å². The molecule has 1 atom stereocenters. The number of carbonyl (C=O) groups is 1. The monoisotopic (exact) mass is 248 g/mol. The molecule has 0 aliphatic carbocycles. The molecule has 0 N–H and O–H groups in total. The molecule has 2 heterocycles. The molecule has 0 saturated heterocycles. The van der Waals surface area contributed by atoms with Gasteiger partial charge in [0.15, 0.2) is 0 Å². The fraction of sp³-hybridized carbons (Fsp3) is 0.538. The number of thiophene rings is 1. The Morgan fingerprint density at radius 3 is 3.00 bits per heavy atom. The van der Waals surface area contributed by atoms with Gasteiger partial charge >= 0.3 is 0 Å². The maximum atomic E-state index is 12.3. The molecule has 0 saturated carbocycles. The summed E-state index contributed by atoms with van der Waals surface area (Å²) in [7, 11) is 0. The van der Waals surface area contributed by atoms with Crippen molar-refractivity contribution >= 4 is 17.2 Å². The minimum atomic E-state index is -0.929. The highest BCUT2D eigenvalue weighted by atomic mass is 32.1. The Balaban J connectivity index is 2.27. The van der Waals surface area contributed by atoms with Gasteiger partial charge < -0.3 is 4.90 Å². The summed E-state index contributed by atoms with van der Waals surface area (Å²) in [5.74, 6) is -0.0654. The van der Waals surface area contributed by atoms with Crippen molar-refractivity contribution in [3.05, 3.63) is 21.9 Å². The van der Waals surface area contributed by atoms with Gasteiger partial charge in [-0.3, -0.25) is 4.79 Å². The zero-order valence-corrected chi connectivity index (χ0v) is 11.2. The van der Waals surface area contributed by atoms with E-state index in [1.807, 2.05) is 11.8 Å². The van der Waals surface area contributed by atoms with Crippen molar-refractivity contribution < 1.29 is 4.79 Å². The number of carbonyl (C=O) groups excluding carboxylic acids is 1. The third-order valence-electron chi connectivity index (χ3n) is 3.35. The largest absolute Gasteiger partial charge is 0.334 e. The first kappa shape index (κ1) is 12.1. The molecule has 90 valence electrons. The van der Waals surface area contributed by atoms with E-state index in [9.17, 15) is 4.79 Å². The van der Waals surface area contributed by atoms with Crippen molar-refractivity contribution in [2.75, 3.05) is 6.54 Å². The summed E-state index contributed by atoms with van der Waals surface area (Å²) in [6, 6.07) is 4.26. The summed E-state index contributed by atoms with van der Waals surface area (Å²) in [6.07, 6.45) is 0.907. The molecule has 2 rings (SSSR count). The lowest BCUT2D eigenvalue weighted by molar-refractivity contribution is -0.140. The maximum absolute atomic E-state index is 12.3. The highest BCUT2D eigenvalue weighted by Gasteiger charge is 2.37. The predicted molar refractivity (Wildman–Crippen MR) is 67.5 cm³/mol. The van der Waals surface area contributed by atoms with Crippen molar-refractivity contribution in [1.82, 2.24) is 4.90 Å². The molecule has 3 nitrogen and oxygen atoms in total. The fourth-order valence-corrected chi connectivity index (χ4v) is 3.16. The van der Waals surface area contributed by atoms with Gasteiger partial charge in [0.25, 0.3) is 0 Å². The second-order valence-electron chi connectivity index (χ2n) is 4.96. The lowest BCUT2D eigenvalue weighted by Gasteiger charge is -2.36. The molecule has 0 bridgehead atoms. The van der Waals surface area contributed by atoms with Crippen LogP contribution < -0.4 is 0 Å². The molecule has 1 aromatic heterocycles. The van der Waals surface area contributed by atoms with Crippen LogP contribution in [-0.4, -0.2) is 17.4 Å². The van der Waals surface area contributed by atoms with Crippen molar-refractivity contribution in [2.45, 2.75) is 33.2 Å². The summed E-state index contributed by atoms with van der Waals surface area (Å²) in [5, 5.41) is 11.1. The number of amides is 1. The summed E-state index contributed by atoms with van der Waals surface area (Å²) in [6.45, 7) is 6.13. The Morgan fingerprint density at radius 1 is 1.65 bits per heavy atom. The zero-order valence-electron chi connectivity index (χ0n) is 10.4. The van der Waals surface area contributed by atoms with Crippen LogP contribution >= 0.6 is 11.3 Å². The second-order valence-corrected chi connectivity index (χ2v) is 5.96. The first-order valence-corrected chi connectivity index (χ1v) is 6.64. The molecule has 4 heteroatoms. The average molecular weight is 248 g/mol. The van der Waals surface area contributed by atoms with E-state index in [4.69, 9.17) is 5.26 Å². The number of nitrogens with zero attached hydrogens (tertiary/aromatic N) is 2. The summed E-state index contributed by atoms with van der Waals surface area (Å²) < 4.78 is 0. The van der Waals surface area contributed by atoms with Crippen LogP contribution in [0.3, 0.4) is 0 Å². The highest BCUT2D eigenvalue weighted by Crippen LogP contribution is 2.35. The van der Waals surface area contributed by atoms with E-state index in [0.29, 0.717) is 0 Å². The van der Waals surface area contributed by atoms with Crippen molar-refractivity contribution in [1.29, 1.82) is 5.26 Å². The summed E-state index contributed by atoms with van der Waals surface area (Å²) >= 11 is 1.75. The van der Waals surface area contributed by atoms with Gasteiger partial charge in [-0.1, -0.05) is 0 Å². The Kier molecular flexibility index (Phi) is 2.96. The molecule has 0 radical (unpaired) electrons. The number of hydrogen-bond donors (Lipinski definition) is 0. The predicted octanol–water partition coefficient (Wildman–Crippen LogP) is 2.74. The molecule has 0 aromatic carbocycles. The molecular weight excluding hydrogens is 232 g/mol. The van der Waals surface area contributed by atoms with Crippen molar-refractivity contribution in [3.8, 4) is 6.07 Å². The summed E-state index contributed by atoms with van der Waals surface area (Å²) in [5.41, 5.74) is 0.310. The molecule has 1 aromatic rings. The first-order valence-electron chi connectivity index (χ1n) is 5.76. The van der Waals surface area contributed by atoms with Crippen LogP contribution in [0.5, 0.6) is 0 Å². The molecule has 17 heavy (non-hydrogen) atoms. The number of fused-ring (bicyclic) bond motifs is 1. The molecule has 1 amide bonds. The van der Waals surface area contributed by atoms with E-state index in [-0.39, 0.29) is 11.9 Å². The average Bonchev–Trinajstić information content (AvgIpc) is 2.78. The van der Waals surface area contributed by atoms with E-state index in [1.54, 1.807) is 25.2 Å². The fourth-order valence-electron chi connectivity index (χ4n) is 2.19. The Bertz CT molecular complexity index is 484. The topological polar surface area (TPSA) is 44.1 Å². The molecule has 0 fully saturated rings. The van der Waals surface area contributed by atoms with Crippen LogP contribution in [-0.2, 0) is 11.2 Å². The highest BCUT2D eigenvalue weighted by molar-refractivity contribution is 7.10. The normalized spacial score (nSPS) is 19.6. The van der Waals surface area contributed by atoms with Crippen LogP contribution in [0.15, 0.2) is 11.4 Å². The third kappa shape index (κ3) is 1.96. The van der Waals surface area contributed by atoms with Gasteiger partial charge in [0.2, 0.25) is 5.91 Å². The SMILES string of the molecule is CC1c2ccsc2CCN1C(=O)C(C)(C)C#N. The number of rotatable bonds is 1. The van der Waals surface area contributed by atoms with Gasteiger partial charge in [0, 0.05) is 11.4 Å². The van der Waals surface area contributed by atoms with E-state index in [1.165, 1.54) is 10.4 Å². The van der Waals surface area contributed by atoms with Gasteiger partial charge in [0.1, 0.15) is 5.41 Å². The smallest absolute Gasteiger partial charge is 0.242 e. The minimum absolute atomic E-state index is 0.0654. The molecule has 0 spiro atoms. The molecule has 1 aliphatic heterocycles. The van der Waals surface area contributed by atoms with Crippen LogP contribution in [0, 0.1) is 16.7 Å². The number of nitriles is 1. The van der Waals surface area contributed by atoms with Gasteiger partial charge in [-0.2, -0.15) is 5.26 Å². The van der Waals surface area contributed by atoms with Crippen LogP contribution in [0.4, 0.5) is 0 Å². The lowest BCUT2D eigenvalue weighted by atomic mass is 9.91. The van der Waals surface area contributed by atoms with E-state index in [0.717, 1.165) is 13.0 Å². The van der Waals surface area contributed by atoms with Gasteiger partial charge in [0.05, 0.1) is 12.1 Å².